The van der Waals surface area contributed by atoms with E-state index in [1.54, 1.807) is 4.68 Å². The Labute approximate surface area is 107 Å². The zero-order valence-electron chi connectivity index (χ0n) is 11.1. The molecule has 0 saturated heterocycles. The van der Waals surface area contributed by atoms with Crippen molar-refractivity contribution in [3.63, 3.8) is 0 Å². The van der Waals surface area contributed by atoms with E-state index in [9.17, 15) is 0 Å². The third-order valence-electron chi connectivity index (χ3n) is 2.65. The summed E-state index contributed by atoms with van der Waals surface area (Å²) in [6.45, 7) is 4.99. The summed E-state index contributed by atoms with van der Waals surface area (Å²) in [6.07, 6.45) is 0. The van der Waals surface area contributed by atoms with Gasteiger partial charge in [-0.05, 0) is 30.2 Å². The van der Waals surface area contributed by atoms with Gasteiger partial charge in [-0.25, -0.2) is 0 Å². The SMILES string of the molecule is CC(C)COc1ccc(-c2cc(N)n(C)n2)cc1. The molecule has 0 aliphatic carbocycles. The summed E-state index contributed by atoms with van der Waals surface area (Å²) in [7, 11) is 1.83. The first-order chi connectivity index (χ1) is 8.56. The van der Waals surface area contributed by atoms with Crippen LogP contribution in [0.5, 0.6) is 5.75 Å². The standard InChI is InChI=1S/C14H19N3O/c1-10(2)9-18-12-6-4-11(5-7-12)13-8-14(15)17(3)16-13/h4-8,10H,9,15H2,1-3H3. The van der Waals surface area contributed by atoms with Crippen LogP contribution in [0.1, 0.15) is 13.8 Å². The van der Waals surface area contributed by atoms with Crippen LogP contribution in [0.2, 0.25) is 0 Å². The van der Waals surface area contributed by atoms with E-state index in [0.29, 0.717) is 11.7 Å². The third-order valence-corrected chi connectivity index (χ3v) is 2.65. The number of hydrogen-bond acceptors (Lipinski definition) is 3. The molecular formula is C14H19N3O. The summed E-state index contributed by atoms with van der Waals surface area (Å²) in [4.78, 5) is 0. The van der Waals surface area contributed by atoms with Crippen LogP contribution >= 0.6 is 0 Å². The van der Waals surface area contributed by atoms with Crippen molar-refractivity contribution in [1.82, 2.24) is 9.78 Å². The van der Waals surface area contributed by atoms with Crippen molar-refractivity contribution in [2.75, 3.05) is 12.3 Å². The Balaban J connectivity index is 2.12. The first-order valence-corrected chi connectivity index (χ1v) is 6.09. The second kappa shape index (κ2) is 5.12. The minimum atomic E-state index is 0.528. The van der Waals surface area contributed by atoms with Gasteiger partial charge in [-0.2, -0.15) is 5.10 Å². The molecule has 4 nitrogen and oxygen atoms in total. The average molecular weight is 245 g/mol. The molecule has 2 aromatic rings. The minimum Gasteiger partial charge on any atom is -0.493 e. The lowest BCUT2D eigenvalue weighted by molar-refractivity contribution is 0.271. The van der Waals surface area contributed by atoms with Gasteiger partial charge >= 0.3 is 0 Å². The van der Waals surface area contributed by atoms with E-state index in [0.717, 1.165) is 23.6 Å². The minimum absolute atomic E-state index is 0.528. The van der Waals surface area contributed by atoms with Crippen molar-refractivity contribution < 1.29 is 4.74 Å². The number of nitrogen functional groups attached to an aromatic ring is 1. The molecule has 0 saturated carbocycles. The molecule has 1 aromatic heterocycles. The lowest BCUT2D eigenvalue weighted by atomic mass is 10.1. The normalized spacial score (nSPS) is 10.9. The predicted molar refractivity (Wildman–Crippen MR) is 73.4 cm³/mol. The zero-order valence-corrected chi connectivity index (χ0v) is 11.1. The highest BCUT2D eigenvalue weighted by Crippen LogP contribution is 2.22. The van der Waals surface area contributed by atoms with E-state index < -0.39 is 0 Å². The van der Waals surface area contributed by atoms with Gasteiger partial charge in [0.05, 0.1) is 12.3 Å². The summed E-state index contributed by atoms with van der Waals surface area (Å²) in [5, 5.41) is 4.34. The molecule has 0 spiro atoms. The fourth-order valence-electron chi connectivity index (χ4n) is 1.61. The Morgan fingerprint density at radius 3 is 2.44 bits per heavy atom. The summed E-state index contributed by atoms with van der Waals surface area (Å²) < 4.78 is 7.30. The smallest absolute Gasteiger partial charge is 0.121 e. The molecule has 1 aromatic carbocycles. The molecule has 2 rings (SSSR count). The molecular weight excluding hydrogens is 226 g/mol. The second-order valence-corrected chi connectivity index (χ2v) is 4.81. The fraction of sp³-hybridized carbons (Fsp3) is 0.357. The fourth-order valence-corrected chi connectivity index (χ4v) is 1.61. The number of benzene rings is 1. The molecule has 0 aliphatic rings. The first-order valence-electron chi connectivity index (χ1n) is 6.09. The largest absolute Gasteiger partial charge is 0.493 e. The molecule has 0 atom stereocenters. The average Bonchev–Trinajstić information content (AvgIpc) is 2.68. The molecule has 96 valence electrons. The number of rotatable bonds is 4. The lowest BCUT2D eigenvalue weighted by Gasteiger charge is -2.08. The van der Waals surface area contributed by atoms with E-state index in [2.05, 4.69) is 18.9 Å². The summed E-state index contributed by atoms with van der Waals surface area (Å²) >= 11 is 0. The van der Waals surface area contributed by atoms with E-state index in [4.69, 9.17) is 10.5 Å². The van der Waals surface area contributed by atoms with Crippen molar-refractivity contribution in [3.8, 4) is 17.0 Å². The monoisotopic (exact) mass is 245 g/mol. The maximum absolute atomic E-state index is 5.76. The number of ether oxygens (including phenoxy) is 1. The number of anilines is 1. The Hall–Kier alpha value is -1.97. The van der Waals surface area contributed by atoms with Gasteiger partial charge < -0.3 is 10.5 Å². The summed E-state index contributed by atoms with van der Waals surface area (Å²) in [6, 6.07) is 9.78. The Kier molecular flexibility index (Phi) is 3.55. The van der Waals surface area contributed by atoms with Crippen LogP contribution in [-0.4, -0.2) is 16.4 Å². The van der Waals surface area contributed by atoms with Gasteiger partial charge in [-0.1, -0.05) is 13.8 Å². The number of aromatic nitrogens is 2. The van der Waals surface area contributed by atoms with E-state index in [1.807, 2.05) is 37.4 Å². The zero-order chi connectivity index (χ0) is 13.1. The maximum Gasteiger partial charge on any atom is 0.121 e. The number of hydrogen-bond donors (Lipinski definition) is 1. The molecule has 0 bridgehead atoms. The van der Waals surface area contributed by atoms with Gasteiger partial charge in [0, 0.05) is 18.7 Å². The van der Waals surface area contributed by atoms with Gasteiger partial charge in [-0.15, -0.1) is 0 Å². The van der Waals surface area contributed by atoms with Crippen molar-refractivity contribution >= 4 is 5.82 Å². The highest BCUT2D eigenvalue weighted by Gasteiger charge is 2.05. The third kappa shape index (κ3) is 2.83. The van der Waals surface area contributed by atoms with Gasteiger partial charge in [0.1, 0.15) is 11.6 Å². The van der Waals surface area contributed by atoms with Crippen LogP contribution in [0.25, 0.3) is 11.3 Å². The topological polar surface area (TPSA) is 53.1 Å². The molecule has 0 amide bonds. The molecule has 0 aliphatic heterocycles. The van der Waals surface area contributed by atoms with Gasteiger partial charge in [0.25, 0.3) is 0 Å². The van der Waals surface area contributed by atoms with Crippen LogP contribution < -0.4 is 10.5 Å². The molecule has 0 unspecified atom stereocenters. The number of nitrogens with zero attached hydrogens (tertiary/aromatic N) is 2. The van der Waals surface area contributed by atoms with Crippen LogP contribution in [0.4, 0.5) is 5.82 Å². The Bertz CT molecular complexity index is 495. The number of aryl methyl sites for hydroxylation is 1. The Morgan fingerprint density at radius 2 is 1.94 bits per heavy atom. The molecule has 0 radical (unpaired) electrons. The summed E-state index contributed by atoms with van der Waals surface area (Å²) in [5.41, 5.74) is 7.69. The number of nitrogens with two attached hydrogens (primary N) is 1. The predicted octanol–water partition coefficient (Wildman–Crippen LogP) is 2.70. The molecule has 2 N–H and O–H groups in total. The van der Waals surface area contributed by atoms with Crippen LogP contribution in [-0.2, 0) is 7.05 Å². The molecule has 1 heterocycles. The van der Waals surface area contributed by atoms with Crippen LogP contribution in [0.15, 0.2) is 30.3 Å². The lowest BCUT2D eigenvalue weighted by Crippen LogP contribution is -2.04. The Morgan fingerprint density at radius 1 is 1.28 bits per heavy atom. The van der Waals surface area contributed by atoms with Crippen molar-refractivity contribution in [1.29, 1.82) is 0 Å². The van der Waals surface area contributed by atoms with Gasteiger partial charge in [0.2, 0.25) is 0 Å². The van der Waals surface area contributed by atoms with Crippen molar-refractivity contribution in [3.05, 3.63) is 30.3 Å². The quantitative estimate of drug-likeness (QED) is 0.901. The molecule has 18 heavy (non-hydrogen) atoms. The highest BCUT2D eigenvalue weighted by atomic mass is 16.5. The second-order valence-electron chi connectivity index (χ2n) is 4.81. The van der Waals surface area contributed by atoms with E-state index in [-0.39, 0.29) is 0 Å². The summed E-state index contributed by atoms with van der Waals surface area (Å²) in [5.74, 6) is 2.07. The van der Waals surface area contributed by atoms with Gasteiger partial charge in [0.15, 0.2) is 0 Å². The highest BCUT2D eigenvalue weighted by molar-refractivity contribution is 5.63. The van der Waals surface area contributed by atoms with E-state index in [1.165, 1.54) is 0 Å². The van der Waals surface area contributed by atoms with Gasteiger partial charge in [-0.3, -0.25) is 4.68 Å². The first kappa shape index (κ1) is 12.5. The van der Waals surface area contributed by atoms with Crippen molar-refractivity contribution in [2.24, 2.45) is 13.0 Å². The van der Waals surface area contributed by atoms with Crippen LogP contribution in [0, 0.1) is 5.92 Å². The molecule has 0 fully saturated rings. The van der Waals surface area contributed by atoms with E-state index >= 15 is 0 Å². The molecule has 4 heteroatoms. The van der Waals surface area contributed by atoms with Crippen molar-refractivity contribution in [2.45, 2.75) is 13.8 Å². The van der Waals surface area contributed by atoms with Crippen LogP contribution in [0.3, 0.4) is 0 Å². The maximum atomic E-state index is 5.76.